The van der Waals surface area contributed by atoms with Crippen molar-refractivity contribution in [2.24, 2.45) is 0 Å². The summed E-state index contributed by atoms with van der Waals surface area (Å²) in [5.41, 5.74) is -0.187. The molecule has 1 heterocycles. The molecule has 1 aromatic heterocycles. The van der Waals surface area contributed by atoms with Crippen LogP contribution in [0.3, 0.4) is 0 Å². The molecule has 1 N–H and O–H groups in total. The van der Waals surface area contributed by atoms with Crippen molar-refractivity contribution in [3.63, 3.8) is 0 Å². The average molecular weight is 114 g/mol. The van der Waals surface area contributed by atoms with Gasteiger partial charge in [-0.3, -0.25) is 9.89 Å². The van der Waals surface area contributed by atoms with E-state index in [0.29, 0.717) is 0 Å². The van der Waals surface area contributed by atoms with Gasteiger partial charge in [-0.15, -0.1) is 0 Å². The molecule has 1 aromatic rings. The van der Waals surface area contributed by atoms with Crippen molar-refractivity contribution >= 4 is 0 Å². The van der Waals surface area contributed by atoms with E-state index in [1.54, 1.807) is 0 Å². The molecule has 1 rings (SSSR count). The summed E-state index contributed by atoms with van der Waals surface area (Å²) in [6, 6.07) is 1.38. The second kappa shape index (κ2) is 1.73. The molecule has 0 atom stereocenters. The number of aromatic nitrogens is 2. The zero-order valence-electron chi connectivity index (χ0n) is 4.42. The molecule has 0 aliphatic rings. The van der Waals surface area contributed by atoms with Crippen LogP contribution in [0.15, 0.2) is 17.1 Å². The van der Waals surface area contributed by atoms with Gasteiger partial charge < -0.3 is 4.84 Å². The van der Waals surface area contributed by atoms with Gasteiger partial charge in [-0.25, -0.2) is 0 Å². The first-order chi connectivity index (χ1) is 3.84. The Morgan fingerprint density at radius 2 is 2.62 bits per heavy atom. The van der Waals surface area contributed by atoms with Crippen molar-refractivity contribution in [2.75, 3.05) is 7.11 Å². The summed E-state index contributed by atoms with van der Waals surface area (Å²) < 4.78 is 0. The topological polar surface area (TPSA) is 47.0 Å². The molecule has 0 unspecified atom stereocenters. The lowest BCUT2D eigenvalue weighted by molar-refractivity contribution is 0.126. The van der Waals surface area contributed by atoms with Crippen molar-refractivity contribution in [2.45, 2.75) is 0 Å². The third-order valence-corrected chi connectivity index (χ3v) is 0.800. The Morgan fingerprint density at radius 1 is 1.88 bits per heavy atom. The van der Waals surface area contributed by atoms with Crippen LogP contribution in [-0.2, 0) is 0 Å². The second-order valence-electron chi connectivity index (χ2n) is 1.28. The number of nitrogens with zero attached hydrogens (tertiary/aromatic N) is 1. The molecule has 0 spiro atoms. The van der Waals surface area contributed by atoms with E-state index >= 15 is 0 Å². The molecule has 0 aliphatic heterocycles. The predicted molar refractivity (Wildman–Crippen MR) is 27.6 cm³/mol. The quantitative estimate of drug-likeness (QED) is 0.521. The average Bonchev–Trinajstić information content (AvgIpc) is 2.14. The molecule has 0 saturated heterocycles. The molecule has 0 saturated carbocycles. The molecule has 0 bridgehead atoms. The fourth-order valence-electron chi connectivity index (χ4n) is 0.450. The Bertz CT molecular complexity index is 212. The molecule has 0 aromatic carbocycles. The van der Waals surface area contributed by atoms with Gasteiger partial charge in [0.05, 0.1) is 0 Å². The van der Waals surface area contributed by atoms with E-state index in [1.807, 2.05) is 0 Å². The van der Waals surface area contributed by atoms with Gasteiger partial charge in [-0.1, -0.05) is 4.85 Å². The van der Waals surface area contributed by atoms with Gasteiger partial charge in [-0.05, 0) is 0 Å². The lowest BCUT2D eigenvalue weighted by atomic mass is 10.7. The molecule has 0 radical (unpaired) electrons. The van der Waals surface area contributed by atoms with Gasteiger partial charge in [0.15, 0.2) is 0 Å². The normalized spacial score (nSPS) is 9.12. The first-order valence-corrected chi connectivity index (χ1v) is 2.15. The maximum atomic E-state index is 10.5. The van der Waals surface area contributed by atoms with Gasteiger partial charge in [-0.2, -0.15) is 0 Å². The van der Waals surface area contributed by atoms with E-state index in [2.05, 4.69) is 9.94 Å². The summed E-state index contributed by atoms with van der Waals surface area (Å²) in [4.78, 5) is 16.0. The smallest absolute Gasteiger partial charge is 0.302 e. The number of H-pyrrole nitrogens is 1. The Balaban J connectivity index is 3.11. The van der Waals surface area contributed by atoms with Crippen molar-refractivity contribution < 1.29 is 4.84 Å². The molecular weight excluding hydrogens is 108 g/mol. The van der Waals surface area contributed by atoms with Crippen LogP contribution in [0.5, 0.6) is 0 Å². The summed E-state index contributed by atoms with van der Waals surface area (Å²) in [5, 5.41) is 2.54. The predicted octanol–water partition coefficient (Wildman–Crippen LogP) is -0.765. The van der Waals surface area contributed by atoms with E-state index in [1.165, 1.54) is 19.4 Å². The second-order valence-corrected chi connectivity index (χ2v) is 1.28. The number of nitrogens with one attached hydrogen (secondary N) is 1. The molecular formula is C4H6N2O2. The maximum absolute atomic E-state index is 10.5. The first-order valence-electron chi connectivity index (χ1n) is 2.15. The van der Waals surface area contributed by atoms with Crippen LogP contribution in [-0.4, -0.2) is 17.1 Å². The summed E-state index contributed by atoms with van der Waals surface area (Å²) >= 11 is 0. The minimum Gasteiger partial charge on any atom is -0.398 e. The van der Waals surface area contributed by atoms with Gasteiger partial charge in [0.25, 0.3) is 0 Å². The summed E-state index contributed by atoms with van der Waals surface area (Å²) in [6.07, 6.45) is 1.51. The molecule has 4 heteroatoms. The standard InChI is InChI=1S/C4H6N2O2/c1-8-6-4(7)2-3-5-6/h2-3,5H,1H3. The number of aromatic amines is 1. The van der Waals surface area contributed by atoms with Crippen LogP contribution < -0.4 is 10.4 Å². The first kappa shape index (κ1) is 4.96. The highest BCUT2D eigenvalue weighted by molar-refractivity contribution is 4.77. The Hall–Kier alpha value is -1.19. The fraction of sp³-hybridized carbons (Fsp3) is 0.250. The van der Waals surface area contributed by atoms with Gasteiger partial charge in [0.2, 0.25) is 0 Å². The molecule has 0 aliphatic carbocycles. The Morgan fingerprint density at radius 3 is 2.88 bits per heavy atom. The Labute approximate surface area is 45.6 Å². The van der Waals surface area contributed by atoms with Crippen LogP contribution in [0.1, 0.15) is 0 Å². The van der Waals surface area contributed by atoms with Gasteiger partial charge >= 0.3 is 5.56 Å². The zero-order valence-corrected chi connectivity index (χ0v) is 4.42. The van der Waals surface area contributed by atoms with Gasteiger partial charge in [0, 0.05) is 12.3 Å². The number of hydrogen-bond donors (Lipinski definition) is 1. The Kier molecular flexibility index (Phi) is 1.07. The summed E-state index contributed by atoms with van der Waals surface area (Å²) in [5.74, 6) is 0. The monoisotopic (exact) mass is 114 g/mol. The molecule has 4 nitrogen and oxygen atoms in total. The van der Waals surface area contributed by atoms with Crippen molar-refractivity contribution in [1.82, 2.24) is 9.94 Å². The van der Waals surface area contributed by atoms with Crippen LogP contribution in [0.25, 0.3) is 0 Å². The highest BCUT2D eigenvalue weighted by Gasteiger charge is 1.87. The van der Waals surface area contributed by atoms with E-state index in [0.717, 1.165) is 4.85 Å². The van der Waals surface area contributed by atoms with Crippen molar-refractivity contribution in [1.29, 1.82) is 0 Å². The molecule has 44 valence electrons. The van der Waals surface area contributed by atoms with Crippen LogP contribution in [0.4, 0.5) is 0 Å². The minimum atomic E-state index is -0.187. The molecule has 0 amide bonds. The van der Waals surface area contributed by atoms with Crippen molar-refractivity contribution in [3.8, 4) is 0 Å². The highest BCUT2D eigenvalue weighted by atomic mass is 16.7. The fourth-order valence-corrected chi connectivity index (χ4v) is 0.450. The summed E-state index contributed by atoms with van der Waals surface area (Å²) in [6.45, 7) is 0. The highest BCUT2D eigenvalue weighted by Crippen LogP contribution is 1.64. The van der Waals surface area contributed by atoms with E-state index in [4.69, 9.17) is 0 Å². The number of hydrogen-bond acceptors (Lipinski definition) is 2. The van der Waals surface area contributed by atoms with Gasteiger partial charge in [0.1, 0.15) is 7.11 Å². The third kappa shape index (κ3) is 0.598. The van der Waals surface area contributed by atoms with Crippen LogP contribution >= 0.6 is 0 Å². The van der Waals surface area contributed by atoms with E-state index < -0.39 is 0 Å². The third-order valence-electron chi connectivity index (χ3n) is 0.800. The molecule has 8 heavy (non-hydrogen) atoms. The lowest BCUT2D eigenvalue weighted by Gasteiger charge is -1.92. The maximum Gasteiger partial charge on any atom is 0.302 e. The minimum absolute atomic E-state index is 0.187. The largest absolute Gasteiger partial charge is 0.398 e. The van der Waals surface area contributed by atoms with E-state index in [-0.39, 0.29) is 5.56 Å². The van der Waals surface area contributed by atoms with Crippen molar-refractivity contribution in [3.05, 3.63) is 22.6 Å². The van der Waals surface area contributed by atoms with E-state index in [9.17, 15) is 4.79 Å². The zero-order chi connectivity index (χ0) is 5.98. The summed E-state index contributed by atoms with van der Waals surface area (Å²) in [7, 11) is 1.41. The molecule has 0 fully saturated rings. The number of rotatable bonds is 1. The SMILES string of the molecule is COn1[nH]ccc1=O. The van der Waals surface area contributed by atoms with Crippen LogP contribution in [0.2, 0.25) is 0 Å². The lowest BCUT2D eigenvalue weighted by Crippen LogP contribution is -2.20. The van der Waals surface area contributed by atoms with Crippen LogP contribution in [0, 0.1) is 0 Å².